The highest BCUT2D eigenvalue weighted by Crippen LogP contribution is 2.34. The van der Waals surface area contributed by atoms with Crippen LogP contribution in [0.3, 0.4) is 0 Å². The van der Waals surface area contributed by atoms with E-state index in [-0.39, 0.29) is 17.0 Å². The summed E-state index contributed by atoms with van der Waals surface area (Å²) < 4.78 is 41.2. The van der Waals surface area contributed by atoms with Gasteiger partial charge >= 0.3 is 6.36 Å². The molecule has 2 N–H and O–H groups in total. The number of ether oxygens (including phenoxy) is 1. The van der Waals surface area contributed by atoms with Crippen molar-refractivity contribution in [3.05, 3.63) is 23.8 Å². The van der Waals surface area contributed by atoms with Crippen LogP contribution in [0.1, 0.15) is 16.8 Å². The zero-order valence-corrected chi connectivity index (χ0v) is 12.7. The van der Waals surface area contributed by atoms with Gasteiger partial charge in [0.25, 0.3) is 11.8 Å². The Morgan fingerprint density at radius 2 is 2.13 bits per heavy atom. The van der Waals surface area contributed by atoms with Crippen LogP contribution < -0.4 is 10.2 Å². The van der Waals surface area contributed by atoms with Crippen LogP contribution in [-0.2, 0) is 4.79 Å². The molecular formula is C13H13F3N2O4S. The quantitative estimate of drug-likeness (QED) is 0.493. The Balaban J connectivity index is 2.24. The van der Waals surface area contributed by atoms with Crippen molar-refractivity contribution >= 4 is 23.6 Å². The Labute approximate surface area is 133 Å². The molecule has 0 aromatic heterocycles. The van der Waals surface area contributed by atoms with Gasteiger partial charge in [-0.1, -0.05) is 0 Å². The fourth-order valence-electron chi connectivity index (χ4n) is 2.16. The molecule has 1 aliphatic heterocycles. The average molecular weight is 350 g/mol. The van der Waals surface area contributed by atoms with Crippen molar-refractivity contribution < 1.29 is 32.7 Å². The maximum Gasteiger partial charge on any atom is 0.573 e. The second-order valence-electron chi connectivity index (χ2n) is 4.69. The molecule has 1 saturated heterocycles. The number of hydrogen-bond donors (Lipinski definition) is 2. The predicted octanol–water partition coefficient (Wildman–Crippen LogP) is 2.03. The van der Waals surface area contributed by atoms with Crippen LogP contribution in [0, 0.1) is 0 Å². The summed E-state index contributed by atoms with van der Waals surface area (Å²) in [6.07, 6.45) is -2.92. The van der Waals surface area contributed by atoms with E-state index in [1.54, 1.807) is 6.26 Å². The van der Waals surface area contributed by atoms with Gasteiger partial charge in [-0.3, -0.25) is 14.8 Å². The number of alkyl halides is 3. The summed E-state index contributed by atoms with van der Waals surface area (Å²) in [4.78, 5) is 25.1. The molecule has 6 nitrogen and oxygen atoms in total. The minimum Gasteiger partial charge on any atom is -0.405 e. The first-order valence-electron chi connectivity index (χ1n) is 6.45. The Hall–Kier alpha value is -1.94. The zero-order chi connectivity index (χ0) is 17.2. The molecule has 0 spiro atoms. The van der Waals surface area contributed by atoms with Gasteiger partial charge in [-0.15, -0.1) is 24.9 Å². The Morgan fingerprint density at radius 1 is 1.43 bits per heavy atom. The maximum absolute atomic E-state index is 12.4. The zero-order valence-electron chi connectivity index (χ0n) is 11.9. The van der Waals surface area contributed by atoms with E-state index >= 15 is 0 Å². The number of rotatable bonds is 4. The molecule has 0 saturated carbocycles. The fraction of sp³-hybridized carbons (Fsp3) is 0.385. The van der Waals surface area contributed by atoms with Gasteiger partial charge in [0.15, 0.2) is 0 Å². The summed E-state index contributed by atoms with van der Waals surface area (Å²) in [7, 11) is 0. The number of thioether (sulfide) groups is 1. The standard InChI is InChI=1S/C13H13F3N2O4S/c1-23-10-3-2-7(6-9(10)22-13(14,15)16)12(20)18-5-4-8(18)11(19)17-21/h2-3,6,8,21H,4-5H2,1H3,(H,17,19). The van der Waals surface area contributed by atoms with Crippen molar-refractivity contribution in [1.82, 2.24) is 10.4 Å². The van der Waals surface area contributed by atoms with Crippen LogP contribution in [-0.4, -0.2) is 47.1 Å². The van der Waals surface area contributed by atoms with E-state index in [0.29, 0.717) is 6.42 Å². The van der Waals surface area contributed by atoms with Crippen LogP contribution in [0.4, 0.5) is 13.2 Å². The smallest absolute Gasteiger partial charge is 0.405 e. The Kier molecular flexibility index (Phi) is 5.05. The highest BCUT2D eigenvalue weighted by molar-refractivity contribution is 7.98. The van der Waals surface area contributed by atoms with Crippen molar-refractivity contribution in [3.63, 3.8) is 0 Å². The summed E-state index contributed by atoms with van der Waals surface area (Å²) in [5.74, 6) is -1.82. The summed E-state index contributed by atoms with van der Waals surface area (Å²) in [6.45, 7) is 0.274. The van der Waals surface area contributed by atoms with E-state index in [1.165, 1.54) is 17.6 Å². The normalized spacial score (nSPS) is 17.4. The number of likely N-dealkylation sites (tertiary alicyclic amines) is 1. The Morgan fingerprint density at radius 3 is 2.61 bits per heavy atom. The summed E-state index contributed by atoms with van der Waals surface area (Å²) in [5, 5.41) is 8.60. The van der Waals surface area contributed by atoms with Crippen LogP contribution in [0.5, 0.6) is 5.75 Å². The van der Waals surface area contributed by atoms with Gasteiger partial charge in [0.05, 0.1) is 0 Å². The van der Waals surface area contributed by atoms with Gasteiger partial charge in [0.2, 0.25) is 0 Å². The minimum atomic E-state index is -4.87. The van der Waals surface area contributed by atoms with E-state index in [1.807, 2.05) is 0 Å². The average Bonchev–Trinajstić information content (AvgIpc) is 2.44. The molecule has 2 amide bonds. The van der Waals surface area contributed by atoms with Gasteiger partial charge < -0.3 is 9.64 Å². The van der Waals surface area contributed by atoms with E-state index < -0.39 is 30.0 Å². The van der Waals surface area contributed by atoms with Crippen molar-refractivity contribution in [2.75, 3.05) is 12.8 Å². The topological polar surface area (TPSA) is 78.9 Å². The van der Waals surface area contributed by atoms with E-state index in [9.17, 15) is 22.8 Å². The molecule has 1 fully saturated rings. The lowest BCUT2D eigenvalue weighted by atomic mass is 10.0. The highest BCUT2D eigenvalue weighted by atomic mass is 32.2. The third kappa shape index (κ3) is 3.88. The third-order valence-corrected chi connectivity index (χ3v) is 4.11. The fourth-order valence-corrected chi connectivity index (χ4v) is 2.66. The minimum absolute atomic E-state index is 0.0301. The molecule has 126 valence electrons. The van der Waals surface area contributed by atoms with Crippen LogP contribution >= 0.6 is 11.8 Å². The maximum atomic E-state index is 12.4. The lowest BCUT2D eigenvalue weighted by molar-refractivity contribution is -0.275. The summed E-state index contributed by atoms with van der Waals surface area (Å²) in [5.41, 5.74) is 1.42. The first-order chi connectivity index (χ1) is 10.8. The number of hydrogen-bond acceptors (Lipinski definition) is 5. The van der Waals surface area contributed by atoms with Crippen molar-refractivity contribution in [1.29, 1.82) is 0 Å². The number of hydroxylamine groups is 1. The van der Waals surface area contributed by atoms with Crippen molar-refractivity contribution in [3.8, 4) is 5.75 Å². The first kappa shape index (κ1) is 17.4. The first-order valence-corrected chi connectivity index (χ1v) is 7.68. The molecule has 0 bridgehead atoms. The second-order valence-corrected chi connectivity index (χ2v) is 5.54. The highest BCUT2D eigenvalue weighted by Gasteiger charge is 2.38. The number of benzene rings is 1. The molecule has 1 atom stereocenters. The molecule has 10 heteroatoms. The van der Waals surface area contributed by atoms with Crippen LogP contribution in [0.2, 0.25) is 0 Å². The lowest BCUT2D eigenvalue weighted by Crippen LogP contribution is -2.57. The van der Waals surface area contributed by atoms with Gasteiger partial charge in [-0.25, -0.2) is 5.48 Å². The van der Waals surface area contributed by atoms with Gasteiger partial charge in [-0.2, -0.15) is 0 Å². The number of nitrogens with zero attached hydrogens (tertiary/aromatic N) is 1. The number of carbonyl (C=O) groups excluding carboxylic acids is 2. The van der Waals surface area contributed by atoms with Crippen LogP contribution in [0.15, 0.2) is 23.1 Å². The number of carbonyl (C=O) groups is 2. The summed E-state index contributed by atoms with van der Waals surface area (Å²) in [6, 6.07) is 2.87. The monoisotopic (exact) mass is 350 g/mol. The van der Waals surface area contributed by atoms with Gasteiger partial charge in [0, 0.05) is 17.0 Å². The van der Waals surface area contributed by atoms with Crippen molar-refractivity contribution in [2.24, 2.45) is 0 Å². The molecule has 1 aliphatic rings. The molecule has 1 unspecified atom stereocenters. The Bertz CT molecular complexity index is 624. The van der Waals surface area contributed by atoms with Crippen LogP contribution in [0.25, 0.3) is 0 Å². The second kappa shape index (κ2) is 6.67. The molecular weight excluding hydrogens is 337 g/mol. The van der Waals surface area contributed by atoms with E-state index in [4.69, 9.17) is 5.21 Å². The van der Waals surface area contributed by atoms with E-state index in [2.05, 4.69) is 4.74 Å². The molecule has 1 aromatic rings. The number of amides is 2. The largest absolute Gasteiger partial charge is 0.573 e. The number of nitrogens with one attached hydrogen (secondary N) is 1. The molecule has 0 radical (unpaired) electrons. The molecule has 0 aliphatic carbocycles. The predicted molar refractivity (Wildman–Crippen MR) is 74.3 cm³/mol. The van der Waals surface area contributed by atoms with Gasteiger partial charge in [0.1, 0.15) is 11.8 Å². The van der Waals surface area contributed by atoms with E-state index in [0.717, 1.165) is 22.7 Å². The van der Waals surface area contributed by atoms with Crippen molar-refractivity contribution in [2.45, 2.75) is 23.7 Å². The summed E-state index contributed by atoms with van der Waals surface area (Å²) >= 11 is 1.05. The van der Waals surface area contributed by atoms with Gasteiger partial charge in [-0.05, 0) is 30.9 Å². The molecule has 1 heterocycles. The molecule has 1 aromatic carbocycles. The third-order valence-electron chi connectivity index (χ3n) is 3.33. The molecule has 23 heavy (non-hydrogen) atoms. The lowest BCUT2D eigenvalue weighted by Gasteiger charge is -2.39. The number of halogens is 3. The molecule has 2 rings (SSSR count). The SMILES string of the molecule is CSc1ccc(C(=O)N2CCC2C(=O)NO)cc1OC(F)(F)F.